The van der Waals surface area contributed by atoms with Crippen LogP contribution in [-0.4, -0.2) is 51.3 Å². The fourth-order valence-electron chi connectivity index (χ4n) is 3.30. The molecule has 1 N–H and O–H groups in total. The third-order valence-electron chi connectivity index (χ3n) is 5.21. The van der Waals surface area contributed by atoms with Crippen LogP contribution in [0.2, 0.25) is 0 Å². The number of nitrogens with zero attached hydrogens (tertiary/aromatic N) is 2. The van der Waals surface area contributed by atoms with Crippen molar-refractivity contribution in [2.24, 2.45) is 0 Å². The molecule has 0 saturated carbocycles. The van der Waals surface area contributed by atoms with Crippen molar-refractivity contribution < 1.29 is 9.53 Å². The summed E-state index contributed by atoms with van der Waals surface area (Å²) < 4.78 is 5.84. The molecule has 0 saturated heterocycles. The van der Waals surface area contributed by atoms with Crippen molar-refractivity contribution in [2.45, 2.75) is 32.1 Å². The molecule has 2 rings (SSSR count). The molecular weight excluding hydrogens is 386 g/mol. The lowest BCUT2D eigenvalue weighted by molar-refractivity contribution is 0.247. The molecular formula is C26H37N3O2. The highest BCUT2D eigenvalue weighted by molar-refractivity contribution is 5.91. The van der Waals surface area contributed by atoms with E-state index in [2.05, 4.69) is 36.0 Å². The Morgan fingerprint density at radius 3 is 2.42 bits per heavy atom. The van der Waals surface area contributed by atoms with E-state index in [-0.39, 0.29) is 6.03 Å². The highest BCUT2D eigenvalue weighted by Gasteiger charge is 2.10. The van der Waals surface area contributed by atoms with Crippen LogP contribution in [0, 0.1) is 0 Å². The molecule has 0 spiro atoms. The van der Waals surface area contributed by atoms with Gasteiger partial charge in [0.05, 0.1) is 6.61 Å². The zero-order valence-electron chi connectivity index (χ0n) is 19.1. The number of benzene rings is 2. The summed E-state index contributed by atoms with van der Waals surface area (Å²) in [6.45, 7) is 7.15. The van der Waals surface area contributed by atoms with Gasteiger partial charge in [-0.1, -0.05) is 49.2 Å². The van der Waals surface area contributed by atoms with Crippen molar-refractivity contribution >= 4 is 11.7 Å². The summed E-state index contributed by atoms with van der Waals surface area (Å²) in [5.41, 5.74) is 2.06. The average molecular weight is 424 g/mol. The van der Waals surface area contributed by atoms with E-state index in [4.69, 9.17) is 4.74 Å². The van der Waals surface area contributed by atoms with Gasteiger partial charge in [-0.05, 0) is 62.7 Å². The molecule has 0 fully saturated rings. The minimum Gasteiger partial charge on any atom is -0.494 e. The molecule has 0 aromatic heterocycles. The maximum absolute atomic E-state index is 12.4. The SMILES string of the molecule is C=CCN(C)CCCCCCOc1ccc(N(C)C(=O)NCCc2ccccc2)cc1. The quantitative estimate of drug-likeness (QED) is 0.338. The van der Waals surface area contributed by atoms with Gasteiger partial charge in [-0.3, -0.25) is 4.90 Å². The Labute approximate surface area is 187 Å². The summed E-state index contributed by atoms with van der Waals surface area (Å²) in [6.07, 6.45) is 7.41. The van der Waals surface area contributed by atoms with Gasteiger partial charge in [-0.15, -0.1) is 6.58 Å². The lowest BCUT2D eigenvalue weighted by Crippen LogP contribution is -2.38. The molecule has 31 heavy (non-hydrogen) atoms. The first kappa shape index (κ1) is 24.5. The van der Waals surface area contributed by atoms with E-state index in [0.29, 0.717) is 6.54 Å². The molecule has 0 heterocycles. The van der Waals surface area contributed by atoms with Gasteiger partial charge in [-0.2, -0.15) is 0 Å². The second-order valence-corrected chi connectivity index (χ2v) is 7.83. The van der Waals surface area contributed by atoms with Gasteiger partial charge in [0.25, 0.3) is 0 Å². The molecule has 2 aromatic carbocycles. The van der Waals surface area contributed by atoms with Crippen LogP contribution in [0.3, 0.4) is 0 Å². The van der Waals surface area contributed by atoms with Crippen LogP contribution in [0.1, 0.15) is 31.2 Å². The molecule has 2 aromatic rings. The molecule has 2 amide bonds. The van der Waals surface area contributed by atoms with Crippen molar-refractivity contribution in [3.8, 4) is 5.75 Å². The second kappa shape index (κ2) is 14.3. The van der Waals surface area contributed by atoms with Gasteiger partial charge in [0, 0.05) is 25.8 Å². The number of amides is 2. The maximum atomic E-state index is 12.4. The summed E-state index contributed by atoms with van der Waals surface area (Å²) in [7, 11) is 3.90. The van der Waals surface area contributed by atoms with E-state index in [1.165, 1.54) is 24.8 Å². The zero-order chi connectivity index (χ0) is 22.3. The van der Waals surface area contributed by atoms with E-state index in [1.54, 1.807) is 11.9 Å². The van der Waals surface area contributed by atoms with Crippen molar-refractivity contribution in [1.82, 2.24) is 10.2 Å². The van der Waals surface area contributed by atoms with E-state index in [9.17, 15) is 4.79 Å². The molecule has 0 aliphatic carbocycles. The molecule has 0 aliphatic heterocycles. The first-order valence-corrected chi connectivity index (χ1v) is 11.2. The highest BCUT2D eigenvalue weighted by atomic mass is 16.5. The van der Waals surface area contributed by atoms with E-state index >= 15 is 0 Å². The minimum absolute atomic E-state index is 0.108. The number of rotatable bonds is 14. The molecule has 0 aliphatic rings. The molecule has 0 unspecified atom stereocenters. The summed E-state index contributed by atoms with van der Waals surface area (Å²) in [4.78, 5) is 16.3. The molecule has 0 bridgehead atoms. The molecule has 168 valence electrons. The summed E-state index contributed by atoms with van der Waals surface area (Å²) in [5.74, 6) is 0.840. The smallest absolute Gasteiger partial charge is 0.321 e. The number of hydrogen-bond acceptors (Lipinski definition) is 3. The van der Waals surface area contributed by atoms with Crippen molar-refractivity contribution in [1.29, 1.82) is 0 Å². The average Bonchev–Trinajstić information content (AvgIpc) is 2.79. The van der Waals surface area contributed by atoms with Gasteiger partial charge >= 0.3 is 6.03 Å². The van der Waals surface area contributed by atoms with Crippen LogP contribution in [0.25, 0.3) is 0 Å². The second-order valence-electron chi connectivity index (χ2n) is 7.83. The molecule has 5 nitrogen and oxygen atoms in total. The van der Waals surface area contributed by atoms with Gasteiger partial charge in [0.15, 0.2) is 0 Å². The normalized spacial score (nSPS) is 10.7. The number of hydrogen-bond donors (Lipinski definition) is 1. The largest absolute Gasteiger partial charge is 0.494 e. The molecule has 0 atom stereocenters. The Morgan fingerprint density at radius 1 is 1.00 bits per heavy atom. The van der Waals surface area contributed by atoms with Crippen LogP contribution >= 0.6 is 0 Å². The Balaban J connectivity index is 1.61. The predicted molar refractivity (Wildman–Crippen MR) is 130 cm³/mol. The van der Waals surface area contributed by atoms with E-state index in [0.717, 1.165) is 44.0 Å². The third-order valence-corrected chi connectivity index (χ3v) is 5.21. The monoisotopic (exact) mass is 423 g/mol. The minimum atomic E-state index is -0.108. The van der Waals surface area contributed by atoms with Crippen molar-refractivity contribution in [2.75, 3.05) is 45.2 Å². The third kappa shape index (κ3) is 9.71. The van der Waals surface area contributed by atoms with Crippen LogP contribution in [0.5, 0.6) is 5.75 Å². The lowest BCUT2D eigenvalue weighted by atomic mass is 10.1. The zero-order valence-corrected chi connectivity index (χ0v) is 19.1. The standard InChI is InChI=1S/C26H37N3O2/c1-4-20-28(2)21-10-5-6-11-22-31-25-16-14-24(15-17-25)29(3)26(30)27-19-18-23-12-8-7-9-13-23/h4,7-9,12-17H,1,5-6,10-11,18-22H2,2-3H3,(H,27,30). The van der Waals surface area contributed by atoms with Crippen molar-refractivity contribution in [3.05, 3.63) is 72.8 Å². The molecule has 0 radical (unpaired) electrons. The molecule has 5 heteroatoms. The number of urea groups is 1. The number of unbranched alkanes of at least 4 members (excludes halogenated alkanes) is 3. The van der Waals surface area contributed by atoms with Crippen LogP contribution in [-0.2, 0) is 6.42 Å². The van der Waals surface area contributed by atoms with Gasteiger partial charge < -0.3 is 15.0 Å². The van der Waals surface area contributed by atoms with E-state index in [1.807, 2.05) is 48.5 Å². The number of nitrogens with one attached hydrogen (secondary N) is 1. The van der Waals surface area contributed by atoms with E-state index < -0.39 is 0 Å². The van der Waals surface area contributed by atoms with Gasteiger partial charge in [-0.25, -0.2) is 4.79 Å². The number of likely N-dealkylation sites (N-methyl/N-ethyl adjacent to an activating group) is 1. The first-order valence-electron chi connectivity index (χ1n) is 11.2. The first-order chi connectivity index (χ1) is 15.1. The highest BCUT2D eigenvalue weighted by Crippen LogP contribution is 2.19. The Morgan fingerprint density at radius 2 is 1.71 bits per heavy atom. The Kier molecular flexibility index (Phi) is 11.3. The number of ether oxygens (including phenoxy) is 1. The fourth-order valence-corrected chi connectivity index (χ4v) is 3.30. The topological polar surface area (TPSA) is 44.8 Å². The summed E-state index contributed by atoms with van der Waals surface area (Å²) in [5, 5.41) is 2.96. The Bertz CT molecular complexity index is 762. The van der Waals surface area contributed by atoms with Crippen molar-refractivity contribution in [3.63, 3.8) is 0 Å². The van der Waals surface area contributed by atoms with Gasteiger partial charge in [0.1, 0.15) is 5.75 Å². The van der Waals surface area contributed by atoms with Crippen LogP contribution < -0.4 is 15.0 Å². The Hall–Kier alpha value is -2.79. The fraction of sp³-hybridized carbons (Fsp3) is 0.423. The maximum Gasteiger partial charge on any atom is 0.321 e. The number of carbonyl (C=O) groups is 1. The summed E-state index contributed by atoms with van der Waals surface area (Å²) in [6, 6.07) is 17.7. The van der Waals surface area contributed by atoms with Gasteiger partial charge in [0.2, 0.25) is 0 Å². The lowest BCUT2D eigenvalue weighted by Gasteiger charge is -2.18. The predicted octanol–water partition coefficient (Wildman–Crippen LogP) is 5.13. The number of carbonyl (C=O) groups excluding carboxylic acids is 1. The van der Waals surface area contributed by atoms with Crippen LogP contribution in [0.4, 0.5) is 10.5 Å². The number of anilines is 1. The van der Waals surface area contributed by atoms with Crippen LogP contribution in [0.15, 0.2) is 67.3 Å². The summed E-state index contributed by atoms with van der Waals surface area (Å²) >= 11 is 0.